The molecule has 0 fully saturated rings. The summed E-state index contributed by atoms with van der Waals surface area (Å²) >= 11 is 5.86. The minimum Gasteiger partial charge on any atom is -0.352 e. The zero-order chi connectivity index (χ0) is 13.4. The molecule has 0 amide bonds. The molecule has 3 rings (SSSR count). The summed E-state index contributed by atoms with van der Waals surface area (Å²) in [6.07, 6.45) is 0. The molecule has 0 aliphatic carbocycles. The van der Waals surface area contributed by atoms with Crippen molar-refractivity contribution in [3.8, 4) is 0 Å². The van der Waals surface area contributed by atoms with E-state index in [9.17, 15) is 9.18 Å². The van der Waals surface area contributed by atoms with Gasteiger partial charge in [0.05, 0.1) is 5.69 Å². The molecule has 0 saturated carbocycles. The van der Waals surface area contributed by atoms with Crippen molar-refractivity contribution in [3.05, 3.63) is 70.6 Å². The van der Waals surface area contributed by atoms with Crippen molar-refractivity contribution in [2.45, 2.75) is 0 Å². The van der Waals surface area contributed by atoms with E-state index in [1.165, 1.54) is 12.1 Å². The smallest absolute Gasteiger partial charge is 0.209 e. The Kier molecular flexibility index (Phi) is 2.84. The maximum absolute atomic E-state index is 13.1. The van der Waals surface area contributed by atoms with Crippen molar-refractivity contribution >= 4 is 28.3 Å². The van der Waals surface area contributed by atoms with Crippen molar-refractivity contribution in [1.29, 1.82) is 0 Å². The molecule has 2 nitrogen and oxygen atoms in total. The molecule has 0 radical (unpaired) electrons. The molecule has 0 aliphatic heterocycles. The Morgan fingerprint density at radius 3 is 2.74 bits per heavy atom. The van der Waals surface area contributed by atoms with E-state index in [1.807, 2.05) is 0 Å². The Bertz CT molecular complexity index is 779. The first-order valence-corrected chi connectivity index (χ1v) is 6.10. The second kappa shape index (κ2) is 4.52. The number of ketones is 1. The molecule has 2 aromatic carbocycles. The maximum Gasteiger partial charge on any atom is 0.209 e. The molecule has 19 heavy (non-hydrogen) atoms. The van der Waals surface area contributed by atoms with Crippen LogP contribution < -0.4 is 0 Å². The number of nitrogens with one attached hydrogen (secondary N) is 1. The molecular formula is C15H9ClFNO. The minimum absolute atomic E-state index is 0.167. The van der Waals surface area contributed by atoms with E-state index < -0.39 is 0 Å². The molecule has 94 valence electrons. The zero-order valence-corrected chi connectivity index (χ0v) is 10.5. The monoisotopic (exact) mass is 273 g/mol. The summed E-state index contributed by atoms with van der Waals surface area (Å²) in [6.45, 7) is 0. The van der Waals surface area contributed by atoms with E-state index in [1.54, 1.807) is 36.4 Å². The van der Waals surface area contributed by atoms with E-state index in [0.29, 0.717) is 21.7 Å². The van der Waals surface area contributed by atoms with Gasteiger partial charge in [-0.1, -0.05) is 23.7 Å². The first kappa shape index (κ1) is 11.9. The highest BCUT2D eigenvalue weighted by Crippen LogP contribution is 2.20. The topological polar surface area (TPSA) is 32.9 Å². The molecule has 0 saturated heterocycles. The number of H-pyrrole nitrogens is 1. The van der Waals surface area contributed by atoms with Gasteiger partial charge in [-0.05, 0) is 36.4 Å². The van der Waals surface area contributed by atoms with Gasteiger partial charge < -0.3 is 4.98 Å². The Labute approximate surface area is 113 Å². The molecule has 0 unspecified atom stereocenters. The SMILES string of the molecule is O=C(c1cccc(Cl)c1)c1cc2cc(F)ccc2[nH]1. The van der Waals surface area contributed by atoms with Gasteiger partial charge in [0.25, 0.3) is 0 Å². The lowest BCUT2D eigenvalue weighted by atomic mass is 10.1. The summed E-state index contributed by atoms with van der Waals surface area (Å²) in [5.41, 5.74) is 1.65. The lowest BCUT2D eigenvalue weighted by molar-refractivity contribution is 0.103. The number of carbonyl (C=O) groups excluding carboxylic acids is 1. The molecule has 0 aliphatic rings. The van der Waals surface area contributed by atoms with Crippen LogP contribution in [0.2, 0.25) is 5.02 Å². The fourth-order valence-electron chi connectivity index (χ4n) is 2.01. The Morgan fingerprint density at radius 2 is 1.95 bits per heavy atom. The van der Waals surface area contributed by atoms with E-state index in [0.717, 1.165) is 5.52 Å². The van der Waals surface area contributed by atoms with Crippen molar-refractivity contribution in [1.82, 2.24) is 4.98 Å². The number of aromatic amines is 1. The van der Waals surface area contributed by atoms with Crippen LogP contribution in [0, 0.1) is 5.82 Å². The van der Waals surface area contributed by atoms with Gasteiger partial charge in [0.1, 0.15) is 5.82 Å². The quantitative estimate of drug-likeness (QED) is 0.698. The van der Waals surface area contributed by atoms with Gasteiger partial charge in [-0.25, -0.2) is 4.39 Å². The van der Waals surface area contributed by atoms with Crippen LogP contribution in [0.5, 0.6) is 0 Å². The number of hydrogen-bond acceptors (Lipinski definition) is 1. The van der Waals surface area contributed by atoms with Crippen LogP contribution in [0.4, 0.5) is 4.39 Å². The maximum atomic E-state index is 13.1. The molecule has 0 atom stereocenters. The average molecular weight is 274 g/mol. The van der Waals surface area contributed by atoms with Crippen molar-refractivity contribution in [2.75, 3.05) is 0 Å². The first-order chi connectivity index (χ1) is 9.13. The third-order valence-electron chi connectivity index (χ3n) is 2.91. The second-order valence-corrected chi connectivity index (χ2v) is 4.69. The van der Waals surface area contributed by atoms with Gasteiger partial charge in [-0.3, -0.25) is 4.79 Å². The lowest BCUT2D eigenvalue weighted by Gasteiger charge is -1.98. The van der Waals surface area contributed by atoms with Crippen LogP contribution in [-0.2, 0) is 0 Å². The van der Waals surface area contributed by atoms with Crippen LogP contribution in [0.25, 0.3) is 10.9 Å². The average Bonchev–Trinajstić information content (AvgIpc) is 2.80. The standard InChI is InChI=1S/C15H9ClFNO/c16-11-3-1-2-9(6-11)15(19)14-8-10-7-12(17)4-5-13(10)18-14/h1-8,18H. The van der Waals surface area contributed by atoms with E-state index in [-0.39, 0.29) is 11.6 Å². The summed E-state index contributed by atoms with van der Waals surface area (Å²) in [4.78, 5) is 15.3. The van der Waals surface area contributed by atoms with Crippen LogP contribution in [0.3, 0.4) is 0 Å². The number of fused-ring (bicyclic) bond motifs is 1. The van der Waals surface area contributed by atoms with Crippen LogP contribution in [0.1, 0.15) is 16.1 Å². The predicted molar refractivity (Wildman–Crippen MR) is 73.1 cm³/mol. The van der Waals surface area contributed by atoms with Crippen LogP contribution >= 0.6 is 11.6 Å². The molecule has 1 N–H and O–H groups in total. The Hall–Kier alpha value is -2.13. The largest absolute Gasteiger partial charge is 0.352 e. The lowest BCUT2D eigenvalue weighted by Crippen LogP contribution is -2.01. The van der Waals surface area contributed by atoms with Gasteiger partial charge in [0, 0.05) is 21.5 Å². The number of benzene rings is 2. The van der Waals surface area contributed by atoms with Crippen molar-refractivity contribution in [3.63, 3.8) is 0 Å². The molecule has 4 heteroatoms. The molecule has 1 heterocycles. The highest BCUT2D eigenvalue weighted by atomic mass is 35.5. The van der Waals surface area contributed by atoms with E-state index >= 15 is 0 Å². The van der Waals surface area contributed by atoms with Gasteiger partial charge in [-0.15, -0.1) is 0 Å². The normalized spacial score (nSPS) is 10.8. The van der Waals surface area contributed by atoms with Gasteiger partial charge in [0.2, 0.25) is 5.78 Å². The summed E-state index contributed by atoms with van der Waals surface area (Å²) < 4.78 is 13.1. The number of rotatable bonds is 2. The van der Waals surface area contributed by atoms with Crippen LogP contribution in [0.15, 0.2) is 48.5 Å². The van der Waals surface area contributed by atoms with Gasteiger partial charge >= 0.3 is 0 Å². The summed E-state index contributed by atoms with van der Waals surface area (Å²) in [6, 6.07) is 12.7. The van der Waals surface area contributed by atoms with Crippen LogP contribution in [-0.4, -0.2) is 10.8 Å². The number of aromatic nitrogens is 1. The predicted octanol–water partition coefficient (Wildman–Crippen LogP) is 4.19. The zero-order valence-electron chi connectivity index (χ0n) is 9.78. The molecule has 0 spiro atoms. The summed E-state index contributed by atoms with van der Waals surface area (Å²) in [5, 5.41) is 1.18. The van der Waals surface area contributed by atoms with Crippen molar-refractivity contribution in [2.24, 2.45) is 0 Å². The highest BCUT2D eigenvalue weighted by molar-refractivity contribution is 6.31. The molecular weight excluding hydrogens is 265 g/mol. The number of carbonyl (C=O) groups is 1. The second-order valence-electron chi connectivity index (χ2n) is 4.25. The van der Waals surface area contributed by atoms with Gasteiger partial charge in [0.15, 0.2) is 0 Å². The van der Waals surface area contributed by atoms with E-state index in [4.69, 9.17) is 11.6 Å². The number of hydrogen-bond donors (Lipinski definition) is 1. The summed E-state index contributed by atoms with van der Waals surface area (Å²) in [7, 11) is 0. The van der Waals surface area contributed by atoms with E-state index in [2.05, 4.69) is 4.98 Å². The third-order valence-corrected chi connectivity index (χ3v) is 3.15. The molecule has 3 aromatic rings. The Balaban J connectivity index is 2.06. The third kappa shape index (κ3) is 2.25. The molecule has 1 aromatic heterocycles. The summed E-state index contributed by atoms with van der Waals surface area (Å²) in [5.74, 6) is -0.493. The first-order valence-electron chi connectivity index (χ1n) is 5.72. The fraction of sp³-hybridized carbons (Fsp3) is 0. The highest BCUT2D eigenvalue weighted by Gasteiger charge is 2.12. The van der Waals surface area contributed by atoms with Gasteiger partial charge in [-0.2, -0.15) is 0 Å². The Morgan fingerprint density at radius 1 is 1.11 bits per heavy atom. The number of halogens is 2. The fourth-order valence-corrected chi connectivity index (χ4v) is 2.20. The van der Waals surface area contributed by atoms with Crippen molar-refractivity contribution < 1.29 is 9.18 Å². The molecule has 0 bridgehead atoms. The minimum atomic E-state index is -0.326.